The third-order valence-corrected chi connectivity index (χ3v) is 17.6. The predicted molar refractivity (Wildman–Crippen MR) is 426 cm³/mol. The third-order valence-electron chi connectivity index (χ3n) is 17.6. The highest BCUT2D eigenvalue weighted by atomic mass is 15.2. The van der Waals surface area contributed by atoms with Crippen LogP contribution in [0.2, 0.25) is 0 Å². The maximum Gasteiger partial charge on any atom is 0.0540 e. The van der Waals surface area contributed by atoms with Crippen molar-refractivity contribution >= 4 is 100 Å². The molecule has 13 aromatic carbocycles. The fourth-order valence-electron chi connectivity index (χ4n) is 12.5. The van der Waals surface area contributed by atoms with Crippen molar-refractivity contribution in [2.75, 3.05) is 19.6 Å². The Hall–Kier alpha value is -12.2. The summed E-state index contributed by atoms with van der Waals surface area (Å²) >= 11 is 0. The van der Waals surface area contributed by atoms with E-state index in [0.29, 0.717) is 11.8 Å². The summed E-state index contributed by atoms with van der Waals surface area (Å²) < 4.78 is 0. The monoisotopic (exact) mass is 1270 g/mol. The number of hydrogen-bond acceptors (Lipinski definition) is 4. The van der Waals surface area contributed by atoms with E-state index in [1.807, 2.05) is 24.3 Å². The summed E-state index contributed by atoms with van der Waals surface area (Å²) in [4.78, 5) is 9.29. The second-order valence-electron chi connectivity index (χ2n) is 24.7. The van der Waals surface area contributed by atoms with Crippen LogP contribution in [0.5, 0.6) is 0 Å². The van der Waals surface area contributed by atoms with Gasteiger partial charge in [-0.25, -0.2) is 0 Å². The number of allylic oxidation sites excluding steroid dienone is 8. The lowest BCUT2D eigenvalue weighted by atomic mass is 10.0. The number of para-hydroxylation sites is 1. The Bertz CT molecular complexity index is 4870. The average molecular weight is 1270 g/mol. The summed E-state index contributed by atoms with van der Waals surface area (Å²) in [5, 5.41) is 7.11. The van der Waals surface area contributed by atoms with Crippen molar-refractivity contribution in [3.05, 3.63) is 413 Å². The van der Waals surface area contributed by atoms with E-state index < -0.39 is 0 Å². The van der Waals surface area contributed by atoms with Gasteiger partial charge in [-0.15, -0.1) is 0 Å². The molecule has 0 saturated heterocycles. The standard InChI is InChI=1S/C50H38N2.C44H44N2/c1-3-12-37(4-2)41-19-25-45(26-20-41)51(46-27-21-42(22-28-46)38-13-6-5-7-14-38)47-31-33-48(34-32-47)52(49-29-23-39-15-8-10-17-43(39)35-49)50-30-24-40-16-9-11-18-44(40)36-50;1-6-7-8-18-33-45(38-19-12-11-13-20-38)43-23-14-9-10-15-24-44(42-22-17-16-21-41(42)43)46(39-29-25-36(26-30-39)34(2)3)40-31-27-37(28-32-40)35(4)5/h3-36H,1-2H2;6-35H,1H2,2-5H3/b37-12+;8-7-,10-9?,14-9?,15-10?,23-14?,24-15?,33-18+,43-23?,43-41?,44-24?,44-42?. The molecule has 0 unspecified atom stereocenters. The topological polar surface area (TPSA) is 13.0 Å². The van der Waals surface area contributed by atoms with Crippen LogP contribution in [0, 0.1) is 0 Å². The molecule has 0 aromatic heterocycles. The van der Waals surface area contributed by atoms with Crippen molar-refractivity contribution in [3.8, 4) is 11.1 Å². The van der Waals surface area contributed by atoms with Crippen LogP contribution < -0.4 is 19.6 Å². The molecule has 0 spiro atoms. The van der Waals surface area contributed by atoms with Gasteiger partial charge in [-0.2, -0.15) is 0 Å². The normalized spacial score (nSPS) is 11.3. The van der Waals surface area contributed by atoms with E-state index >= 15 is 0 Å². The number of benzene rings is 12. The first-order chi connectivity index (χ1) is 48.2. The van der Waals surface area contributed by atoms with Gasteiger partial charge >= 0.3 is 0 Å². The Labute approximate surface area is 580 Å². The zero-order chi connectivity index (χ0) is 67.6. The van der Waals surface area contributed by atoms with Gasteiger partial charge in [-0.1, -0.05) is 290 Å². The fraction of sp³-hybridized carbons (Fsp3) is 0.0638. The molecule has 13 rings (SSSR count). The maximum atomic E-state index is 4.01. The molecule has 0 amide bonds. The Morgan fingerprint density at radius 2 is 0.673 bits per heavy atom. The van der Waals surface area contributed by atoms with Crippen molar-refractivity contribution in [3.63, 3.8) is 0 Å². The van der Waals surface area contributed by atoms with Crippen molar-refractivity contribution in [1.82, 2.24) is 0 Å². The van der Waals surface area contributed by atoms with E-state index in [2.05, 4.69) is 407 Å². The smallest absolute Gasteiger partial charge is 0.0540 e. The molecular formula is C94H82N4. The third kappa shape index (κ3) is 15.4. The Kier molecular flexibility index (Phi) is 21.3. The van der Waals surface area contributed by atoms with Gasteiger partial charge < -0.3 is 19.6 Å². The predicted octanol–water partition coefficient (Wildman–Crippen LogP) is 27.4. The van der Waals surface area contributed by atoms with Crippen molar-refractivity contribution in [2.45, 2.75) is 39.5 Å². The van der Waals surface area contributed by atoms with Crippen molar-refractivity contribution in [1.29, 1.82) is 0 Å². The second-order valence-corrected chi connectivity index (χ2v) is 24.7. The summed E-state index contributed by atoms with van der Waals surface area (Å²) in [6.45, 7) is 20.7. The SMILES string of the molecule is C=C/C=C(\C=C)c1ccc(N(c2ccc(-c3ccccc3)cc2)c2ccc(N(c3ccc4ccccc4c3)c3ccc4ccccc4c3)cc2)cc1.C=C/C=C\C=C\N(c1ccccc1)c1ccccccc(N(c2ccc(C(C)C)cc2)c2ccc(C(C)C)cc2)c2ccccc12. The van der Waals surface area contributed by atoms with Gasteiger partial charge in [-0.3, -0.25) is 0 Å². The first-order valence-electron chi connectivity index (χ1n) is 33.7. The minimum Gasteiger partial charge on any atom is -0.317 e. The van der Waals surface area contributed by atoms with Crippen LogP contribution in [0.25, 0.3) is 49.0 Å². The molecular weight excluding hydrogens is 1190 g/mol. The zero-order valence-corrected chi connectivity index (χ0v) is 56.4. The van der Waals surface area contributed by atoms with E-state index in [9.17, 15) is 0 Å². The van der Waals surface area contributed by atoms with Crippen LogP contribution in [0.1, 0.15) is 56.2 Å². The molecule has 0 radical (unpaired) electrons. The lowest BCUT2D eigenvalue weighted by molar-refractivity contribution is 0.866. The molecule has 98 heavy (non-hydrogen) atoms. The number of fused-ring (bicyclic) bond motifs is 3. The molecule has 0 heterocycles. The number of hydrogen-bond donors (Lipinski definition) is 0. The summed E-state index contributed by atoms with van der Waals surface area (Å²) in [5.41, 5.74) is 19.1. The largest absolute Gasteiger partial charge is 0.317 e. The molecule has 0 fully saturated rings. The van der Waals surface area contributed by atoms with E-state index in [0.717, 1.165) is 84.5 Å². The van der Waals surface area contributed by atoms with Crippen LogP contribution >= 0.6 is 0 Å². The van der Waals surface area contributed by atoms with Crippen LogP contribution in [0.15, 0.2) is 396 Å². The van der Waals surface area contributed by atoms with Gasteiger partial charge in [0.25, 0.3) is 0 Å². The Balaban J connectivity index is 0.000000188. The average Bonchev–Trinajstić information content (AvgIpc) is 0.795. The quantitative estimate of drug-likeness (QED) is 0.0705. The van der Waals surface area contributed by atoms with Gasteiger partial charge in [0, 0.05) is 68.2 Å². The van der Waals surface area contributed by atoms with E-state index in [4.69, 9.17) is 0 Å². The minimum atomic E-state index is 0.460. The summed E-state index contributed by atoms with van der Waals surface area (Å²) in [6, 6.07) is 117. The lowest BCUT2D eigenvalue weighted by Gasteiger charge is -2.29. The van der Waals surface area contributed by atoms with Gasteiger partial charge in [0.15, 0.2) is 0 Å². The maximum absolute atomic E-state index is 4.01. The minimum absolute atomic E-state index is 0.460. The van der Waals surface area contributed by atoms with Crippen LogP contribution in [0.3, 0.4) is 0 Å². The molecule has 0 aliphatic heterocycles. The van der Waals surface area contributed by atoms with Gasteiger partial charge in [0.05, 0.1) is 11.4 Å². The highest BCUT2D eigenvalue weighted by molar-refractivity contribution is 6.04. The van der Waals surface area contributed by atoms with Crippen LogP contribution in [0.4, 0.5) is 62.6 Å². The Morgan fingerprint density at radius 3 is 1.16 bits per heavy atom. The fourth-order valence-corrected chi connectivity index (χ4v) is 12.5. The molecule has 0 aliphatic carbocycles. The van der Waals surface area contributed by atoms with Gasteiger partial charge in [0.2, 0.25) is 0 Å². The molecule has 0 atom stereocenters. The lowest BCUT2D eigenvalue weighted by Crippen LogP contribution is -2.12. The van der Waals surface area contributed by atoms with Crippen molar-refractivity contribution in [2.24, 2.45) is 0 Å². The molecule has 0 N–H and O–H groups in total. The van der Waals surface area contributed by atoms with E-state index in [1.54, 1.807) is 12.2 Å². The number of nitrogens with zero attached hydrogens (tertiary/aromatic N) is 4. The van der Waals surface area contributed by atoms with Crippen LogP contribution in [-0.2, 0) is 0 Å². The molecule has 0 saturated carbocycles. The Morgan fingerprint density at radius 1 is 0.296 bits per heavy atom. The number of anilines is 11. The van der Waals surface area contributed by atoms with E-state index in [1.165, 1.54) is 43.8 Å². The molecule has 478 valence electrons. The van der Waals surface area contributed by atoms with Crippen molar-refractivity contribution < 1.29 is 0 Å². The molecule has 4 nitrogen and oxygen atoms in total. The summed E-state index contributed by atoms with van der Waals surface area (Å²) in [6.07, 6.45) is 15.5. The second kappa shape index (κ2) is 31.8. The first-order valence-corrected chi connectivity index (χ1v) is 33.7. The van der Waals surface area contributed by atoms with Crippen LogP contribution in [-0.4, -0.2) is 0 Å². The first kappa shape index (κ1) is 65.8. The highest BCUT2D eigenvalue weighted by Gasteiger charge is 2.20. The van der Waals surface area contributed by atoms with Gasteiger partial charge in [0.1, 0.15) is 0 Å². The molecule has 13 aromatic rings. The zero-order valence-electron chi connectivity index (χ0n) is 56.4. The molecule has 0 aliphatic rings. The highest BCUT2D eigenvalue weighted by Crippen LogP contribution is 2.44. The summed E-state index contributed by atoms with van der Waals surface area (Å²) in [5.74, 6) is 0.921. The molecule has 4 heteroatoms. The van der Waals surface area contributed by atoms with E-state index in [-0.39, 0.29) is 0 Å². The number of rotatable bonds is 20. The van der Waals surface area contributed by atoms with Gasteiger partial charge in [-0.05, 0) is 194 Å². The molecule has 0 bridgehead atoms. The summed E-state index contributed by atoms with van der Waals surface area (Å²) in [7, 11) is 0.